The number of nitrogens with zero attached hydrogens (tertiary/aromatic N) is 1. The second kappa shape index (κ2) is 7.14. The summed E-state index contributed by atoms with van der Waals surface area (Å²) in [6.07, 6.45) is 5.61. The molecule has 0 aromatic heterocycles. The summed E-state index contributed by atoms with van der Waals surface area (Å²) >= 11 is 0. The van der Waals surface area contributed by atoms with E-state index in [1.807, 2.05) is 60.7 Å². The van der Waals surface area contributed by atoms with Crippen molar-refractivity contribution in [1.29, 1.82) is 0 Å². The van der Waals surface area contributed by atoms with Crippen molar-refractivity contribution in [3.63, 3.8) is 0 Å². The van der Waals surface area contributed by atoms with Crippen LogP contribution in [0.1, 0.15) is 5.56 Å². The standard InChI is InChI=1S/C17H17NO2/c1-19-16-11-9-15(10-12-16)18-13-5-7-14-6-3-4-8-17(14)20-2/h3-13H,1-2H3/b7-5+,18-13?. The van der Waals surface area contributed by atoms with Crippen LogP contribution in [0.15, 0.2) is 59.6 Å². The van der Waals surface area contributed by atoms with Gasteiger partial charge in [-0.1, -0.05) is 18.2 Å². The summed E-state index contributed by atoms with van der Waals surface area (Å²) in [6, 6.07) is 15.4. The van der Waals surface area contributed by atoms with Crippen molar-refractivity contribution in [2.75, 3.05) is 14.2 Å². The first-order chi connectivity index (χ1) is 9.83. The van der Waals surface area contributed by atoms with Crippen molar-refractivity contribution in [2.24, 2.45) is 4.99 Å². The Labute approximate surface area is 119 Å². The zero-order chi connectivity index (χ0) is 14.2. The highest BCUT2D eigenvalue weighted by Crippen LogP contribution is 2.19. The molecule has 0 unspecified atom stereocenters. The van der Waals surface area contributed by atoms with Gasteiger partial charge in [0, 0.05) is 11.8 Å². The van der Waals surface area contributed by atoms with E-state index in [1.165, 1.54) is 0 Å². The first-order valence-corrected chi connectivity index (χ1v) is 6.31. The molecule has 0 aliphatic rings. The first kappa shape index (κ1) is 13.9. The molecule has 0 saturated carbocycles. The Morgan fingerprint density at radius 3 is 2.35 bits per heavy atom. The molecular formula is C17H17NO2. The van der Waals surface area contributed by atoms with Gasteiger partial charge in [0.1, 0.15) is 11.5 Å². The van der Waals surface area contributed by atoms with Crippen molar-refractivity contribution < 1.29 is 9.47 Å². The van der Waals surface area contributed by atoms with E-state index in [4.69, 9.17) is 9.47 Å². The molecule has 0 atom stereocenters. The molecule has 0 aliphatic carbocycles. The quantitative estimate of drug-likeness (QED) is 0.763. The minimum Gasteiger partial charge on any atom is -0.497 e. The van der Waals surface area contributed by atoms with Crippen molar-refractivity contribution in [1.82, 2.24) is 0 Å². The molecule has 0 bridgehead atoms. The summed E-state index contributed by atoms with van der Waals surface area (Å²) in [5, 5.41) is 0. The summed E-state index contributed by atoms with van der Waals surface area (Å²) in [4.78, 5) is 4.34. The van der Waals surface area contributed by atoms with Crippen LogP contribution >= 0.6 is 0 Å². The fraction of sp³-hybridized carbons (Fsp3) is 0.118. The SMILES string of the molecule is COc1ccc(N=C/C=C/c2ccccc2OC)cc1. The lowest BCUT2D eigenvalue weighted by molar-refractivity contribution is 0.414. The Balaban J connectivity index is 2.03. The molecule has 2 aromatic carbocycles. The van der Waals surface area contributed by atoms with E-state index in [1.54, 1.807) is 20.4 Å². The molecule has 20 heavy (non-hydrogen) atoms. The fourth-order valence-electron chi connectivity index (χ4n) is 1.75. The molecule has 0 N–H and O–H groups in total. The summed E-state index contributed by atoms with van der Waals surface area (Å²) in [5.41, 5.74) is 1.91. The van der Waals surface area contributed by atoms with Crippen LogP contribution in [0.5, 0.6) is 11.5 Å². The fourth-order valence-corrected chi connectivity index (χ4v) is 1.75. The molecule has 2 aromatic rings. The van der Waals surface area contributed by atoms with Gasteiger partial charge in [0.2, 0.25) is 0 Å². The molecule has 0 fully saturated rings. The molecule has 102 valence electrons. The molecule has 3 nitrogen and oxygen atoms in total. The van der Waals surface area contributed by atoms with Gasteiger partial charge in [-0.05, 0) is 42.5 Å². The van der Waals surface area contributed by atoms with E-state index < -0.39 is 0 Å². The Morgan fingerprint density at radius 1 is 0.900 bits per heavy atom. The molecule has 0 spiro atoms. The lowest BCUT2D eigenvalue weighted by Gasteiger charge is -2.02. The van der Waals surface area contributed by atoms with Gasteiger partial charge < -0.3 is 9.47 Å². The highest BCUT2D eigenvalue weighted by atomic mass is 16.5. The van der Waals surface area contributed by atoms with Gasteiger partial charge in [0.15, 0.2) is 0 Å². The normalized spacial score (nSPS) is 11.1. The van der Waals surface area contributed by atoms with E-state index in [0.29, 0.717) is 0 Å². The summed E-state index contributed by atoms with van der Waals surface area (Å²) in [7, 11) is 3.31. The van der Waals surface area contributed by atoms with Crippen molar-refractivity contribution >= 4 is 18.0 Å². The predicted octanol–water partition coefficient (Wildman–Crippen LogP) is 4.12. The third kappa shape index (κ3) is 3.72. The molecule has 3 heteroatoms. The van der Waals surface area contributed by atoms with Gasteiger partial charge in [-0.3, -0.25) is 4.99 Å². The van der Waals surface area contributed by atoms with E-state index in [2.05, 4.69) is 4.99 Å². The van der Waals surface area contributed by atoms with Gasteiger partial charge in [-0.25, -0.2) is 0 Å². The average molecular weight is 267 g/mol. The van der Waals surface area contributed by atoms with Crippen LogP contribution in [0.25, 0.3) is 6.08 Å². The smallest absolute Gasteiger partial charge is 0.126 e. The lowest BCUT2D eigenvalue weighted by atomic mass is 10.2. The zero-order valence-corrected chi connectivity index (χ0v) is 11.6. The van der Waals surface area contributed by atoms with Crippen LogP contribution in [0.2, 0.25) is 0 Å². The van der Waals surface area contributed by atoms with Gasteiger partial charge >= 0.3 is 0 Å². The minimum atomic E-state index is 0.827. The summed E-state index contributed by atoms with van der Waals surface area (Å²) in [5.74, 6) is 1.68. The van der Waals surface area contributed by atoms with E-state index in [0.717, 1.165) is 22.7 Å². The summed E-state index contributed by atoms with van der Waals surface area (Å²) in [6.45, 7) is 0. The second-order valence-electron chi connectivity index (χ2n) is 4.08. The van der Waals surface area contributed by atoms with Crippen molar-refractivity contribution in [3.05, 3.63) is 60.2 Å². The summed E-state index contributed by atoms with van der Waals surface area (Å²) < 4.78 is 10.4. The zero-order valence-electron chi connectivity index (χ0n) is 11.6. The molecule has 0 saturated heterocycles. The second-order valence-corrected chi connectivity index (χ2v) is 4.08. The monoisotopic (exact) mass is 267 g/mol. The third-order valence-electron chi connectivity index (χ3n) is 2.80. The number of aliphatic imine (C=N–C) groups is 1. The highest BCUT2D eigenvalue weighted by Gasteiger charge is 1.95. The Kier molecular flexibility index (Phi) is 4.95. The lowest BCUT2D eigenvalue weighted by Crippen LogP contribution is -1.85. The molecule has 0 aliphatic heterocycles. The van der Waals surface area contributed by atoms with Crippen LogP contribution in [0, 0.1) is 0 Å². The maximum absolute atomic E-state index is 5.28. The molecular weight excluding hydrogens is 250 g/mol. The molecule has 0 radical (unpaired) electrons. The topological polar surface area (TPSA) is 30.8 Å². The van der Waals surface area contributed by atoms with Gasteiger partial charge in [0.05, 0.1) is 19.9 Å². The number of ether oxygens (including phenoxy) is 2. The predicted molar refractivity (Wildman–Crippen MR) is 83.2 cm³/mol. The number of hydrogen-bond donors (Lipinski definition) is 0. The molecule has 0 amide bonds. The number of allylic oxidation sites excluding steroid dienone is 1. The molecule has 2 rings (SSSR count). The van der Waals surface area contributed by atoms with Crippen LogP contribution in [-0.4, -0.2) is 20.4 Å². The number of methoxy groups -OCH3 is 2. The Hall–Kier alpha value is -2.55. The van der Waals surface area contributed by atoms with Crippen molar-refractivity contribution in [2.45, 2.75) is 0 Å². The van der Waals surface area contributed by atoms with Gasteiger partial charge in [0.25, 0.3) is 0 Å². The maximum Gasteiger partial charge on any atom is 0.126 e. The van der Waals surface area contributed by atoms with E-state index in [-0.39, 0.29) is 0 Å². The molecule has 0 heterocycles. The average Bonchev–Trinajstić information content (AvgIpc) is 2.52. The van der Waals surface area contributed by atoms with Crippen LogP contribution in [0.4, 0.5) is 5.69 Å². The van der Waals surface area contributed by atoms with Gasteiger partial charge in [-0.15, -0.1) is 0 Å². The van der Waals surface area contributed by atoms with E-state index in [9.17, 15) is 0 Å². The van der Waals surface area contributed by atoms with Crippen LogP contribution in [0.3, 0.4) is 0 Å². The highest BCUT2D eigenvalue weighted by molar-refractivity contribution is 5.81. The van der Waals surface area contributed by atoms with Crippen LogP contribution in [-0.2, 0) is 0 Å². The Morgan fingerprint density at radius 2 is 1.65 bits per heavy atom. The Bertz CT molecular complexity index is 601. The number of para-hydroxylation sites is 1. The number of benzene rings is 2. The minimum absolute atomic E-state index is 0.827. The first-order valence-electron chi connectivity index (χ1n) is 6.31. The maximum atomic E-state index is 5.28. The van der Waals surface area contributed by atoms with E-state index >= 15 is 0 Å². The number of rotatable bonds is 5. The number of hydrogen-bond acceptors (Lipinski definition) is 3. The largest absolute Gasteiger partial charge is 0.497 e. The van der Waals surface area contributed by atoms with Crippen LogP contribution < -0.4 is 9.47 Å². The third-order valence-corrected chi connectivity index (χ3v) is 2.80. The van der Waals surface area contributed by atoms with Crippen molar-refractivity contribution in [3.8, 4) is 11.5 Å². The van der Waals surface area contributed by atoms with Gasteiger partial charge in [-0.2, -0.15) is 0 Å².